The van der Waals surface area contributed by atoms with Crippen molar-refractivity contribution in [3.8, 4) is 17.0 Å². The molecule has 1 N–H and O–H groups in total. The van der Waals surface area contributed by atoms with E-state index in [0.717, 1.165) is 11.3 Å². The maximum atomic E-state index is 12.8. The van der Waals surface area contributed by atoms with Crippen molar-refractivity contribution in [3.63, 3.8) is 0 Å². The van der Waals surface area contributed by atoms with E-state index in [9.17, 15) is 9.18 Å². The molecular formula is C19H16FN3O2. The lowest BCUT2D eigenvalue weighted by molar-refractivity contribution is -0.123. The quantitative estimate of drug-likeness (QED) is 0.751. The predicted octanol–water partition coefficient (Wildman–Crippen LogP) is 2.98. The molecule has 3 aromatic rings. The number of hydrogen-bond acceptors (Lipinski definition) is 4. The highest BCUT2D eigenvalue weighted by Gasteiger charge is 2.06. The molecule has 6 heteroatoms. The minimum atomic E-state index is -0.352. The highest BCUT2D eigenvalue weighted by molar-refractivity contribution is 5.77. The molecule has 0 saturated carbocycles. The second-order valence-electron chi connectivity index (χ2n) is 5.28. The van der Waals surface area contributed by atoms with Crippen molar-refractivity contribution in [1.29, 1.82) is 0 Å². The molecule has 25 heavy (non-hydrogen) atoms. The summed E-state index contributed by atoms with van der Waals surface area (Å²) in [6.45, 7) is 0.121. The summed E-state index contributed by atoms with van der Waals surface area (Å²) < 4.78 is 18.1. The molecule has 126 valence electrons. The largest absolute Gasteiger partial charge is 0.484 e. The van der Waals surface area contributed by atoms with Gasteiger partial charge in [-0.15, -0.1) is 0 Å². The summed E-state index contributed by atoms with van der Waals surface area (Å²) >= 11 is 0. The third-order valence-corrected chi connectivity index (χ3v) is 3.44. The van der Waals surface area contributed by atoms with Gasteiger partial charge in [0, 0.05) is 5.56 Å². The first kappa shape index (κ1) is 16.6. The highest BCUT2D eigenvalue weighted by Crippen LogP contribution is 2.16. The molecular weight excluding hydrogens is 321 g/mol. The molecule has 1 amide bonds. The summed E-state index contributed by atoms with van der Waals surface area (Å²) in [5, 5.41) is 2.73. The van der Waals surface area contributed by atoms with Crippen LogP contribution in [0.5, 0.6) is 5.75 Å². The number of ether oxygens (including phenoxy) is 1. The van der Waals surface area contributed by atoms with Gasteiger partial charge in [-0.2, -0.15) is 0 Å². The van der Waals surface area contributed by atoms with Crippen LogP contribution in [0.15, 0.2) is 67.0 Å². The molecule has 0 aliphatic rings. The lowest BCUT2D eigenvalue weighted by atomic mass is 10.1. The molecule has 0 saturated heterocycles. The molecule has 0 bridgehead atoms. The Kier molecular flexibility index (Phi) is 5.31. The summed E-state index contributed by atoms with van der Waals surface area (Å²) in [5.41, 5.74) is 2.48. The zero-order valence-corrected chi connectivity index (χ0v) is 13.4. The molecule has 3 rings (SSSR count). The number of benzene rings is 2. The average molecular weight is 337 g/mol. The maximum absolute atomic E-state index is 12.8. The number of nitrogens with one attached hydrogen (secondary N) is 1. The number of aromatic nitrogens is 2. The molecule has 0 spiro atoms. The summed E-state index contributed by atoms with van der Waals surface area (Å²) in [5.74, 6) is -0.205. The third kappa shape index (κ3) is 4.84. The molecule has 0 atom stereocenters. The van der Waals surface area contributed by atoms with Gasteiger partial charge in [-0.1, -0.05) is 30.3 Å². The molecule has 0 aliphatic carbocycles. The number of nitrogens with zero attached hydrogens (tertiary/aromatic N) is 2. The van der Waals surface area contributed by atoms with Crippen LogP contribution in [0.4, 0.5) is 4.39 Å². The normalized spacial score (nSPS) is 10.3. The summed E-state index contributed by atoms with van der Waals surface area (Å²) in [4.78, 5) is 20.3. The predicted molar refractivity (Wildman–Crippen MR) is 91.2 cm³/mol. The number of halogens is 1. The smallest absolute Gasteiger partial charge is 0.258 e. The van der Waals surface area contributed by atoms with Gasteiger partial charge in [-0.05, 0) is 30.3 Å². The van der Waals surface area contributed by atoms with Crippen molar-refractivity contribution in [2.24, 2.45) is 0 Å². The molecule has 1 heterocycles. The van der Waals surface area contributed by atoms with Gasteiger partial charge < -0.3 is 10.1 Å². The van der Waals surface area contributed by atoms with Crippen molar-refractivity contribution in [1.82, 2.24) is 15.3 Å². The van der Waals surface area contributed by atoms with Crippen molar-refractivity contribution in [2.45, 2.75) is 6.54 Å². The average Bonchev–Trinajstić information content (AvgIpc) is 2.67. The second-order valence-corrected chi connectivity index (χ2v) is 5.28. The number of carbonyl (C=O) groups excluding carboxylic acids is 1. The van der Waals surface area contributed by atoms with E-state index >= 15 is 0 Å². The van der Waals surface area contributed by atoms with E-state index in [0.29, 0.717) is 11.4 Å². The van der Waals surface area contributed by atoms with Gasteiger partial charge in [0.15, 0.2) is 6.61 Å². The van der Waals surface area contributed by atoms with Gasteiger partial charge in [0.25, 0.3) is 5.91 Å². The monoisotopic (exact) mass is 337 g/mol. The van der Waals surface area contributed by atoms with E-state index in [1.165, 1.54) is 30.6 Å². The minimum Gasteiger partial charge on any atom is -0.484 e. The molecule has 0 unspecified atom stereocenters. The third-order valence-electron chi connectivity index (χ3n) is 3.44. The van der Waals surface area contributed by atoms with E-state index in [-0.39, 0.29) is 24.9 Å². The van der Waals surface area contributed by atoms with E-state index < -0.39 is 0 Å². The first-order valence-corrected chi connectivity index (χ1v) is 7.72. The number of amides is 1. The minimum absolute atomic E-state index is 0.151. The van der Waals surface area contributed by atoms with Gasteiger partial charge in [0.1, 0.15) is 17.9 Å². The SMILES string of the molecule is O=C(COc1ccc(F)cc1)NCc1cc(-c2ccccc2)ncn1. The maximum Gasteiger partial charge on any atom is 0.258 e. The Balaban J connectivity index is 1.53. The van der Waals surface area contributed by atoms with Crippen LogP contribution in [0.3, 0.4) is 0 Å². The molecule has 1 aromatic heterocycles. The molecule has 5 nitrogen and oxygen atoms in total. The van der Waals surface area contributed by atoms with Crippen molar-refractivity contribution in [2.75, 3.05) is 6.61 Å². The lowest BCUT2D eigenvalue weighted by Gasteiger charge is -2.08. The number of rotatable bonds is 6. The Morgan fingerprint density at radius 2 is 1.80 bits per heavy atom. The van der Waals surface area contributed by atoms with Crippen LogP contribution in [0, 0.1) is 5.82 Å². The van der Waals surface area contributed by atoms with Crippen molar-refractivity contribution >= 4 is 5.91 Å². The van der Waals surface area contributed by atoms with Crippen LogP contribution in [0.2, 0.25) is 0 Å². The second kappa shape index (κ2) is 8.01. The number of hydrogen-bond donors (Lipinski definition) is 1. The Bertz CT molecular complexity index is 839. The molecule has 0 radical (unpaired) electrons. The van der Waals surface area contributed by atoms with Crippen LogP contribution >= 0.6 is 0 Å². The van der Waals surface area contributed by atoms with E-state index in [4.69, 9.17) is 4.74 Å². The molecule has 0 aliphatic heterocycles. The van der Waals surface area contributed by atoms with Crippen LogP contribution < -0.4 is 10.1 Å². The standard InChI is InChI=1S/C19H16FN3O2/c20-15-6-8-17(9-7-15)25-12-19(24)21-11-16-10-18(23-13-22-16)14-4-2-1-3-5-14/h1-10,13H,11-12H2,(H,21,24). The topological polar surface area (TPSA) is 64.1 Å². The van der Waals surface area contributed by atoms with E-state index in [2.05, 4.69) is 15.3 Å². The van der Waals surface area contributed by atoms with Gasteiger partial charge in [0.2, 0.25) is 0 Å². The fraction of sp³-hybridized carbons (Fsp3) is 0.105. The van der Waals surface area contributed by atoms with E-state index in [1.54, 1.807) is 0 Å². The Hall–Kier alpha value is -3.28. The zero-order valence-electron chi connectivity index (χ0n) is 13.4. The van der Waals surface area contributed by atoms with Crippen molar-refractivity contribution in [3.05, 3.63) is 78.5 Å². The zero-order chi connectivity index (χ0) is 17.5. The fourth-order valence-corrected chi connectivity index (χ4v) is 2.18. The summed E-state index contributed by atoms with van der Waals surface area (Å²) in [6, 6.07) is 17.1. The summed E-state index contributed by atoms with van der Waals surface area (Å²) in [7, 11) is 0. The fourth-order valence-electron chi connectivity index (χ4n) is 2.18. The molecule has 0 fully saturated rings. The Labute approximate surface area is 144 Å². The number of carbonyl (C=O) groups is 1. The Morgan fingerprint density at radius 3 is 2.56 bits per heavy atom. The van der Waals surface area contributed by atoms with Gasteiger partial charge in [0.05, 0.1) is 17.9 Å². The van der Waals surface area contributed by atoms with Crippen molar-refractivity contribution < 1.29 is 13.9 Å². The lowest BCUT2D eigenvalue weighted by Crippen LogP contribution is -2.28. The summed E-state index contributed by atoms with van der Waals surface area (Å²) in [6.07, 6.45) is 1.47. The Morgan fingerprint density at radius 1 is 1.04 bits per heavy atom. The van der Waals surface area contributed by atoms with Gasteiger partial charge in [-0.3, -0.25) is 4.79 Å². The highest BCUT2D eigenvalue weighted by atomic mass is 19.1. The van der Waals surface area contributed by atoms with Gasteiger partial charge in [-0.25, -0.2) is 14.4 Å². The van der Waals surface area contributed by atoms with Gasteiger partial charge >= 0.3 is 0 Å². The van der Waals surface area contributed by atoms with Crippen LogP contribution in [0.25, 0.3) is 11.3 Å². The van der Waals surface area contributed by atoms with Crippen LogP contribution in [-0.2, 0) is 11.3 Å². The van der Waals surface area contributed by atoms with Crippen LogP contribution in [-0.4, -0.2) is 22.5 Å². The first-order chi connectivity index (χ1) is 12.2. The first-order valence-electron chi connectivity index (χ1n) is 7.72. The molecule has 2 aromatic carbocycles. The van der Waals surface area contributed by atoms with E-state index in [1.807, 2.05) is 36.4 Å². The van der Waals surface area contributed by atoms with Crippen LogP contribution in [0.1, 0.15) is 5.69 Å².